The van der Waals surface area contributed by atoms with Crippen molar-refractivity contribution in [1.29, 1.82) is 0 Å². The van der Waals surface area contributed by atoms with Crippen LogP contribution < -0.4 is 72.5 Å². The first-order valence-corrected chi connectivity index (χ1v) is 21.6. The predicted octanol–water partition coefficient (Wildman–Crippen LogP) is -4.71. The van der Waals surface area contributed by atoms with Gasteiger partial charge in [0, 0.05) is 19.6 Å². The van der Waals surface area contributed by atoms with E-state index in [0.717, 1.165) is 6.92 Å². The van der Waals surface area contributed by atoms with Crippen molar-refractivity contribution in [2.75, 3.05) is 26.2 Å². The number of carbonyl (C=O) groups excluding carboxylic acids is 5. The summed E-state index contributed by atoms with van der Waals surface area (Å²) in [6.07, 6.45) is 0.0463. The molecule has 0 unspecified atom stereocenters. The molecule has 0 aliphatic carbocycles. The Morgan fingerprint density at radius 3 is 1.41 bits per heavy atom. The van der Waals surface area contributed by atoms with E-state index in [1.54, 1.807) is 13.8 Å². The van der Waals surface area contributed by atoms with Crippen LogP contribution in [-0.4, -0.2) is 137 Å². The van der Waals surface area contributed by atoms with Crippen LogP contribution in [0.25, 0.3) is 0 Å². The smallest absolute Gasteiger partial charge is 0.469 e. The summed E-state index contributed by atoms with van der Waals surface area (Å²) in [5, 5.41) is 22.1. The van der Waals surface area contributed by atoms with E-state index in [0.29, 0.717) is 19.4 Å². The molecule has 0 aromatic rings. The summed E-state index contributed by atoms with van der Waals surface area (Å²) >= 11 is 0. The van der Waals surface area contributed by atoms with Crippen LogP contribution in [0.1, 0.15) is 92.4 Å². The summed E-state index contributed by atoms with van der Waals surface area (Å²) < 4.78 is 16.7. The van der Waals surface area contributed by atoms with E-state index in [1.807, 2.05) is 0 Å². The fraction of sp³-hybridized carbons (Fsp3) is 0.743. The minimum atomic E-state index is -5.30. The molecule has 0 spiro atoms. The third-order valence-corrected chi connectivity index (χ3v) is 9.78. The largest absolute Gasteiger partial charge is 0.480 e. The average molecular weight is 925 g/mol. The zero-order chi connectivity index (χ0) is 47.6. The molecule has 5 amide bonds. The van der Waals surface area contributed by atoms with Gasteiger partial charge in [0.05, 0.1) is 12.1 Å². The molecular weight excluding hydrogens is 851 g/mol. The molecule has 0 bridgehead atoms. The van der Waals surface area contributed by atoms with Gasteiger partial charge >= 0.3 is 13.8 Å². The van der Waals surface area contributed by atoms with Crippen LogP contribution in [-0.2, 0) is 37.9 Å². The molecule has 0 saturated heterocycles. The first-order chi connectivity index (χ1) is 28.9. The standard InChI is InChI=1S/C34H69N16O11P.CH4/c1-4-18(2)24(29(54)47-21(11-7-15-43-32(37)38)27(52)48-23(31(56)57)13-9-17-45-34(41)42)49-30(55)25(19(3)61-62(58,59)60)50-28(53)22(12-8-16-44-33(39)40)46-26(51)20(36)10-5-6-14-35;/h18-25H,4-17,35-36H2,1-3H3,(H,46,51)(H,47,54)(H,48,52)(H,49,55)(H,50,53)(H,56,57)(H4,37,38,43)(H4,39,40,44)(H4,41,42,45)(H2,58,59,60);1H4/t18-,19+,20-,21-,22-,23-,24-,25-;/m0./s1. The third-order valence-electron chi connectivity index (χ3n) is 9.17. The van der Waals surface area contributed by atoms with Gasteiger partial charge in [-0.3, -0.25) is 43.5 Å². The first kappa shape index (κ1) is 59.8. The number of nitrogens with two attached hydrogens (primary N) is 8. The molecule has 0 aliphatic rings. The quantitative estimate of drug-likeness (QED) is 0.0130. The van der Waals surface area contributed by atoms with Crippen LogP contribution >= 0.6 is 7.82 Å². The van der Waals surface area contributed by atoms with E-state index in [9.17, 15) is 48.2 Å². The normalized spacial score (nSPS) is 14.8. The second kappa shape index (κ2) is 31.5. The highest BCUT2D eigenvalue weighted by Crippen LogP contribution is 2.38. The van der Waals surface area contributed by atoms with Crippen molar-refractivity contribution in [1.82, 2.24) is 26.6 Å². The molecular formula is C35H73N16O11P. The van der Waals surface area contributed by atoms with Gasteiger partial charge in [-0.2, -0.15) is 0 Å². The maximum atomic E-state index is 14.0. The summed E-state index contributed by atoms with van der Waals surface area (Å²) in [5.74, 6) is -7.39. The third kappa shape index (κ3) is 26.7. The lowest BCUT2D eigenvalue weighted by atomic mass is 9.96. The van der Waals surface area contributed by atoms with Crippen molar-refractivity contribution >= 4 is 61.2 Å². The summed E-state index contributed by atoms with van der Waals surface area (Å²) in [6.45, 7) is 4.87. The molecule has 0 saturated carbocycles. The minimum absolute atomic E-state index is 0. The van der Waals surface area contributed by atoms with Crippen molar-refractivity contribution < 1.29 is 52.7 Å². The Kier molecular flexibility index (Phi) is 29.9. The van der Waals surface area contributed by atoms with E-state index in [4.69, 9.17) is 50.4 Å². The van der Waals surface area contributed by atoms with Crippen molar-refractivity contribution in [2.45, 2.75) is 135 Å². The summed E-state index contributed by atoms with van der Waals surface area (Å²) in [5.41, 5.74) is 43.8. The van der Waals surface area contributed by atoms with Gasteiger partial charge in [-0.25, -0.2) is 9.36 Å². The molecule has 0 fully saturated rings. The maximum absolute atomic E-state index is 14.0. The Labute approximate surface area is 367 Å². The number of phosphoric acid groups is 1. The summed E-state index contributed by atoms with van der Waals surface area (Å²) in [6, 6.07) is -8.58. The lowest BCUT2D eigenvalue weighted by molar-refractivity contribution is -0.142. The molecule has 0 aromatic carbocycles. The molecule has 63 heavy (non-hydrogen) atoms. The molecule has 0 heterocycles. The number of phosphoric ester groups is 1. The van der Waals surface area contributed by atoms with Crippen molar-refractivity contribution in [3.05, 3.63) is 0 Å². The van der Waals surface area contributed by atoms with Crippen LogP contribution in [0.3, 0.4) is 0 Å². The molecule has 0 aromatic heterocycles. The number of hydrogen-bond acceptors (Lipinski definition) is 13. The highest BCUT2D eigenvalue weighted by Gasteiger charge is 2.38. The van der Waals surface area contributed by atoms with Gasteiger partial charge in [-0.1, -0.05) is 34.1 Å². The molecule has 27 nitrogen and oxygen atoms in total. The molecule has 24 N–H and O–H groups in total. The molecule has 28 heteroatoms. The van der Waals surface area contributed by atoms with Crippen LogP contribution in [0, 0.1) is 5.92 Å². The number of rotatable bonds is 32. The molecule has 364 valence electrons. The molecule has 0 rings (SSSR count). The SMILES string of the molecule is C.CC[C@H](C)[C@H](NC(=O)[C@@H](NC(=O)[C@H](CCCN=C(N)N)NC(=O)[C@@H](N)CCCCN)[C@@H](C)OP(=O)(O)O)C(=O)N[C@@H](CCCN=C(N)N)C(=O)N[C@@H](CCCN=C(N)N)C(=O)O. The Morgan fingerprint density at radius 2 is 1.00 bits per heavy atom. The molecule has 0 aliphatic heterocycles. The van der Waals surface area contributed by atoms with Gasteiger partial charge in [-0.05, 0) is 70.8 Å². The monoisotopic (exact) mass is 925 g/mol. The fourth-order valence-corrected chi connectivity index (χ4v) is 6.19. The average Bonchev–Trinajstić information content (AvgIpc) is 3.17. The van der Waals surface area contributed by atoms with E-state index in [1.165, 1.54) is 0 Å². The van der Waals surface area contributed by atoms with Gasteiger partial charge in [-0.15, -0.1) is 0 Å². The lowest BCUT2D eigenvalue weighted by Gasteiger charge is -2.31. The van der Waals surface area contributed by atoms with Gasteiger partial charge < -0.3 is 87.3 Å². The Bertz CT molecular complexity index is 1590. The Balaban J connectivity index is 0. The highest BCUT2D eigenvalue weighted by atomic mass is 31.2. The van der Waals surface area contributed by atoms with E-state index < -0.39 is 91.6 Å². The number of carbonyl (C=O) groups is 6. The number of nitrogens with zero attached hydrogens (tertiary/aromatic N) is 3. The maximum Gasteiger partial charge on any atom is 0.469 e. The van der Waals surface area contributed by atoms with Gasteiger partial charge in [0.2, 0.25) is 29.5 Å². The number of amides is 5. The number of guanidine groups is 3. The Hall–Kier alpha value is -5.34. The second-order valence-electron chi connectivity index (χ2n) is 14.4. The number of aliphatic imine (C=N–C) groups is 3. The topological polar surface area (TPSA) is 495 Å². The van der Waals surface area contributed by atoms with Crippen LogP contribution in [0.5, 0.6) is 0 Å². The lowest BCUT2D eigenvalue weighted by Crippen LogP contribution is -2.62. The fourth-order valence-electron chi connectivity index (χ4n) is 5.63. The summed E-state index contributed by atoms with van der Waals surface area (Å²) in [7, 11) is -5.30. The zero-order valence-electron chi connectivity index (χ0n) is 35.5. The minimum Gasteiger partial charge on any atom is -0.480 e. The van der Waals surface area contributed by atoms with E-state index >= 15 is 0 Å². The van der Waals surface area contributed by atoms with Gasteiger partial charge in [0.25, 0.3) is 0 Å². The number of carboxylic acid groups (broad SMARTS) is 1. The van der Waals surface area contributed by atoms with E-state index in [2.05, 4.69) is 41.6 Å². The Morgan fingerprint density at radius 1 is 0.603 bits per heavy atom. The molecule has 0 radical (unpaired) electrons. The highest BCUT2D eigenvalue weighted by molar-refractivity contribution is 7.46. The van der Waals surface area contributed by atoms with Crippen molar-refractivity contribution in [3.8, 4) is 0 Å². The number of unbranched alkanes of at least 4 members (excludes halogenated alkanes) is 1. The van der Waals surface area contributed by atoms with Crippen molar-refractivity contribution in [3.63, 3.8) is 0 Å². The first-order valence-electron chi connectivity index (χ1n) is 20.0. The summed E-state index contributed by atoms with van der Waals surface area (Å²) in [4.78, 5) is 111. The van der Waals surface area contributed by atoms with Gasteiger partial charge in [0.1, 0.15) is 30.2 Å². The second-order valence-corrected chi connectivity index (χ2v) is 15.6. The number of nitrogens with one attached hydrogen (secondary N) is 5. The van der Waals surface area contributed by atoms with Crippen LogP contribution in [0.2, 0.25) is 0 Å². The number of carboxylic acids is 1. The van der Waals surface area contributed by atoms with Gasteiger partial charge in [0.15, 0.2) is 17.9 Å². The van der Waals surface area contributed by atoms with Crippen LogP contribution in [0.4, 0.5) is 0 Å². The zero-order valence-corrected chi connectivity index (χ0v) is 36.4. The van der Waals surface area contributed by atoms with Crippen molar-refractivity contribution in [2.24, 2.45) is 66.8 Å². The van der Waals surface area contributed by atoms with Crippen LogP contribution in [0.15, 0.2) is 15.0 Å². The van der Waals surface area contributed by atoms with E-state index in [-0.39, 0.29) is 96.3 Å². The number of aliphatic carboxylic acids is 1. The molecule has 8 atom stereocenters. The predicted molar refractivity (Wildman–Crippen MR) is 237 cm³/mol. The number of hydrogen-bond donors (Lipinski definition) is 16.